The maximum absolute atomic E-state index is 12.0. The zero-order valence-corrected chi connectivity index (χ0v) is 12.0. The van der Waals surface area contributed by atoms with Crippen LogP contribution < -0.4 is 14.8 Å². The fourth-order valence-electron chi connectivity index (χ4n) is 2.16. The van der Waals surface area contributed by atoms with Crippen LogP contribution in [0.15, 0.2) is 42.5 Å². The van der Waals surface area contributed by atoms with Gasteiger partial charge in [0, 0.05) is 16.8 Å². The van der Waals surface area contributed by atoms with Crippen LogP contribution in [-0.2, 0) is 11.2 Å². The average Bonchev–Trinajstić information content (AvgIpc) is 2.47. The van der Waals surface area contributed by atoms with E-state index in [1.165, 1.54) is 0 Å². The fourth-order valence-corrected chi connectivity index (χ4v) is 2.37. The van der Waals surface area contributed by atoms with E-state index in [0.717, 1.165) is 5.56 Å². The second-order valence-corrected chi connectivity index (χ2v) is 5.15. The topological polar surface area (TPSA) is 47.6 Å². The fraction of sp³-hybridized carbons (Fsp3) is 0.188. The quantitative estimate of drug-likeness (QED) is 0.946. The van der Waals surface area contributed by atoms with E-state index in [1.807, 2.05) is 12.1 Å². The lowest BCUT2D eigenvalue weighted by molar-refractivity contribution is -0.115. The third-order valence-corrected chi connectivity index (χ3v) is 3.31. The van der Waals surface area contributed by atoms with Crippen LogP contribution in [0, 0.1) is 0 Å². The molecule has 0 radical (unpaired) electrons. The van der Waals surface area contributed by atoms with Gasteiger partial charge in [0.05, 0.1) is 6.42 Å². The van der Waals surface area contributed by atoms with Crippen molar-refractivity contribution in [3.63, 3.8) is 0 Å². The van der Waals surface area contributed by atoms with Crippen LogP contribution in [0.1, 0.15) is 5.56 Å². The van der Waals surface area contributed by atoms with Gasteiger partial charge < -0.3 is 14.8 Å². The van der Waals surface area contributed by atoms with E-state index in [2.05, 4.69) is 5.32 Å². The molecule has 0 aliphatic carbocycles. The largest absolute Gasteiger partial charge is 0.486 e. The molecule has 0 saturated carbocycles. The lowest BCUT2D eigenvalue weighted by atomic mass is 10.1. The molecule has 3 rings (SSSR count). The summed E-state index contributed by atoms with van der Waals surface area (Å²) in [6, 6.07) is 12.6. The Labute approximate surface area is 127 Å². The summed E-state index contributed by atoms with van der Waals surface area (Å²) < 4.78 is 10.9. The van der Waals surface area contributed by atoms with Gasteiger partial charge in [-0.1, -0.05) is 23.7 Å². The second kappa shape index (κ2) is 6.06. The number of nitrogens with one attached hydrogen (secondary N) is 1. The first-order chi connectivity index (χ1) is 10.2. The first-order valence-corrected chi connectivity index (χ1v) is 7.02. The number of carbonyl (C=O) groups is 1. The van der Waals surface area contributed by atoms with Gasteiger partial charge in [0.15, 0.2) is 11.5 Å². The van der Waals surface area contributed by atoms with Crippen LogP contribution in [-0.4, -0.2) is 19.1 Å². The molecule has 1 aliphatic heterocycles. The molecule has 0 saturated heterocycles. The Kier molecular flexibility index (Phi) is 3.97. The van der Waals surface area contributed by atoms with Crippen molar-refractivity contribution in [2.45, 2.75) is 6.42 Å². The summed E-state index contributed by atoms with van der Waals surface area (Å²) >= 11 is 5.91. The minimum Gasteiger partial charge on any atom is -0.486 e. The van der Waals surface area contributed by atoms with Crippen molar-refractivity contribution >= 4 is 23.2 Å². The van der Waals surface area contributed by atoms with E-state index in [0.29, 0.717) is 35.4 Å². The van der Waals surface area contributed by atoms with E-state index in [-0.39, 0.29) is 12.3 Å². The lowest BCUT2D eigenvalue weighted by Gasteiger charge is -2.19. The van der Waals surface area contributed by atoms with Crippen molar-refractivity contribution < 1.29 is 14.3 Å². The molecule has 1 heterocycles. The number of benzene rings is 2. The highest BCUT2D eigenvalue weighted by atomic mass is 35.5. The van der Waals surface area contributed by atoms with Crippen LogP contribution in [0.4, 0.5) is 5.69 Å². The SMILES string of the molecule is O=C(Cc1cccc(Cl)c1)Nc1ccc2c(c1)OCCO2. The van der Waals surface area contributed by atoms with Gasteiger partial charge in [0.1, 0.15) is 13.2 Å². The maximum atomic E-state index is 12.0. The van der Waals surface area contributed by atoms with Crippen molar-refractivity contribution in [1.82, 2.24) is 0 Å². The predicted octanol–water partition coefficient (Wildman–Crippen LogP) is 3.29. The number of hydrogen-bond donors (Lipinski definition) is 1. The van der Waals surface area contributed by atoms with E-state index in [1.54, 1.807) is 30.3 Å². The monoisotopic (exact) mass is 303 g/mol. The number of amides is 1. The van der Waals surface area contributed by atoms with Crippen LogP contribution in [0.2, 0.25) is 5.02 Å². The standard InChI is InChI=1S/C16H14ClNO3/c17-12-3-1-2-11(8-12)9-16(19)18-13-4-5-14-15(10-13)21-7-6-20-14/h1-5,8,10H,6-7,9H2,(H,18,19). The van der Waals surface area contributed by atoms with Crippen LogP contribution in [0.5, 0.6) is 11.5 Å². The molecule has 21 heavy (non-hydrogen) atoms. The molecule has 5 heteroatoms. The number of rotatable bonds is 3. The van der Waals surface area contributed by atoms with Gasteiger partial charge in [-0.3, -0.25) is 4.79 Å². The molecule has 2 aromatic carbocycles. The van der Waals surface area contributed by atoms with Crippen LogP contribution in [0.25, 0.3) is 0 Å². The summed E-state index contributed by atoms with van der Waals surface area (Å²) in [4.78, 5) is 12.0. The van der Waals surface area contributed by atoms with Crippen molar-refractivity contribution in [1.29, 1.82) is 0 Å². The molecule has 108 valence electrons. The van der Waals surface area contributed by atoms with Gasteiger partial charge in [-0.2, -0.15) is 0 Å². The molecular weight excluding hydrogens is 290 g/mol. The number of carbonyl (C=O) groups excluding carboxylic acids is 1. The van der Waals surface area contributed by atoms with Gasteiger partial charge in [0.2, 0.25) is 5.91 Å². The Balaban J connectivity index is 1.67. The van der Waals surface area contributed by atoms with Gasteiger partial charge in [-0.25, -0.2) is 0 Å². The van der Waals surface area contributed by atoms with Crippen molar-refractivity contribution in [2.75, 3.05) is 18.5 Å². The normalized spacial score (nSPS) is 12.8. The zero-order chi connectivity index (χ0) is 14.7. The van der Waals surface area contributed by atoms with Crippen LogP contribution in [0.3, 0.4) is 0 Å². The molecular formula is C16H14ClNO3. The smallest absolute Gasteiger partial charge is 0.228 e. The average molecular weight is 304 g/mol. The van der Waals surface area contributed by atoms with Crippen molar-refractivity contribution in [3.8, 4) is 11.5 Å². The summed E-state index contributed by atoms with van der Waals surface area (Å²) in [6.45, 7) is 1.07. The van der Waals surface area contributed by atoms with Gasteiger partial charge >= 0.3 is 0 Å². The third-order valence-electron chi connectivity index (χ3n) is 3.08. The van der Waals surface area contributed by atoms with E-state index >= 15 is 0 Å². The highest BCUT2D eigenvalue weighted by molar-refractivity contribution is 6.30. The molecule has 0 unspecified atom stereocenters. The minimum absolute atomic E-state index is 0.103. The molecule has 1 aliphatic rings. The number of anilines is 1. The Morgan fingerprint density at radius 2 is 1.90 bits per heavy atom. The Bertz CT molecular complexity index is 672. The first-order valence-electron chi connectivity index (χ1n) is 6.65. The first kappa shape index (κ1) is 13.8. The molecule has 2 aromatic rings. The second-order valence-electron chi connectivity index (χ2n) is 4.71. The van der Waals surface area contributed by atoms with E-state index in [4.69, 9.17) is 21.1 Å². The van der Waals surface area contributed by atoms with Gasteiger partial charge in [-0.15, -0.1) is 0 Å². The minimum atomic E-state index is -0.103. The lowest BCUT2D eigenvalue weighted by Crippen LogP contribution is -2.17. The maximum Gasteiger partial charge on any atom is 0.228 e. The highest BCUT2D eigenvalue weighted by Crippen LogP contribution is 2.32. The number of fused-ring (bicyclic) bond motifs is 1. The third kappa shape index (κ3) is 3.47. The van der Waals surface area contributed by atoms with Gasteiger partial charge in [0.25, 0.3) is 0 Å². The molecule has 1 N–H and O–H groups in total. The van der Waals surface area contributed by atoms with Crippen LogP contribution >= 0.6 is 11.6 Å². The molecule has 4 nitrogen and oxygen atoms in total. The molecule has 0 aromatic heterocycles. The Hall–Kier alpha value is -2.20. The number of hydrogen-bond acceptors (Lipinski definition) is 3. The van der Waals surface area contributed by atoms with Gasteiger partial charge in [-0.05, 0) is 29.8 Å². The van der Waals surface area contributed by atoms with E-state index in [9.17, 15) is 4.79 Å². The Morgan fingerprint density at radius 1 is 1.10 bits per heavy atom. The molecule has 1 amide bonds. The number of halogens is 1. The highest BCUT2D eigenvalue weighted by Gasteiger charge is 2.13. The summed E-state index contributed by atoms with van der Waals surface area (Å²) in [7, 11) is 0. The van der Waals surface area contributed by atoms with Crippen molar-refractivity contribution in [3.05, 3.63) is 53.1 Å². The predicted molar refractivity (Wildman–Crippen MR) is 81.2 cm³/mol. The Morgan fingerprint density at radius 3 is 2.71 bits per heavy atom. The van der Waals surface area contributed by atoms with E-state index < -0.39 is 0 Å². The van der Waals surface area contributed by atoms with Crippen molar-refractivity contribution in [2.24, 2.45) is 0 Å². The summed E-state index contributed by atoms with van der Waals surface area (Å²) in [6.07, 6.45) is 0.273. The summed E-state index contributed by atoms with van der Waals surface area (Å²) in [5.41, 5.74) is 1.56. The molecule has 0 bridgehead atoms. The molecule has 0 spiro atoms. The molecule has 0 atom stereocenters. The summed E-state index contributed by atoms with van der Waals surface area (Å²) in [5.74, 6) is 1.25. The number of ether oxygens (including phenoxy) is 2. The molecule has 0 fully saturated rings. The summed E-state index contributed by atoms with van der Waals surface area (Å²) in [5, 5.41) is 3.47. The zero-order valence-electron chi connectivity index (χ0n) is 11.3.